The highest BCUT2D eigenvalue weighted by Gasteiger charge is 2.19. The van der Waals surface area contributed by atoms with Crippen LogP contribution in [-0.2, 0) is 10.1 Å². The second kappa shape index (κ2) is 3.76. The second-order valence-corrected chi connectivity index (χ2v) is 4.52. The zero-order chi connectivity index (χ0) is 10.9. The Morgan fingerprint density at radius 2 is 2.00 bits per heavy atom. The van der Waals surface area contributed by atoms with Crippen LogP contribution in [0.2, 0.25) is 5.02 Å². The fourth-order valence-electron chi connectivity index (χ4n) is 1.18. The Labute approximate surface area is 87.2 Å². The lowest BCUT2D eigenvalue weighted by atomic mass is 10.2. The zero-order valence-corrected chi connectivity index (χ0v) is 9.19. The first-order valence-corrected chi connectivity index (χ1v) is 5.49. The molecule has 1 N–H and O–H groups in total. The van der Waals surface area contributed by atoms with Gasteiger partial charge in [-0.2, -0.15) is 8.42 Å². The molecule has 0 unspecified atom stereocenters. The maximum atomic E-state index is 11.0. The summed E-state index contributed by atoms with van der Waals surface area (Å²) in [5.74, 6) is 0.0394. The molecular formula is C8H9ClO4S. The van der Waals surface area contributed by atoms with Crippen LogP contribution in [-0.4, -0.2) is 20.1 Å². The molecule has 14 heavy (non-hydrogen) atoms. The lowest BCUT2D eigenvalue weighted by Crippen LogP contribution is -2.04. The third-order valence-corrected chi connectivity index (χ3v) is 2.94. The maximum absolute atomic E-state index is 11.0. The molecule has 0 heterocycles. The number of benzene rings is 1. The first kappa shape index (κ1) is 11.3. The largest absolute Gasteiger partial charge is 0.495 e. The highest BCUT2D eigenvalue weighted by atomic mass is 35.5. The van der Waals surface area contributed by atoms with Crippen LogP contribution in [0.25, 0.3) is 0 Å². The normalized spacial score (nSPS) is 11.4. The van der Waals surface area contributed by atoms with Crippen molar-refractivity contribution < 1.29 is 17.7 Å². The Kier molecular flexibility index (Phi) is 3.04. The molecule has 0 aliphatic heterocycles. The molecule has 1 rings (SSSR count). The van der Waals surface area contributed by atoms with E-state index in [1.165, 1.54) is 26.2 Å². The molecule has 0 aliphatic carbocycles. The van der Waals surface area contributed by atoms with Gasteiger partial charge in [-0.3, -0.25) is 4.55 Å². The molecule has 0 saturated carbocycles. The highest BCUT2D eigenvalue weighted by molar-refractivity contribution is 7.86. The third kappa shape index (κ3) is 2.17. The van der Waals surface area contributed by atoms with Gasteiger partial charge in [0.1, 0.15) is 10.6 Å². The van der Waals surface area contributed by atoms with Gasteiger partial charge in [0.2, 0.25) is 0 Å². The standard InChI is InChI=1S/C8H9ClO4S/c1-5-3-6(9)4-7(13-2)8(5)14(10,11)12/h3-4H,1-2H3,(H,10,11,12). The molecule has 1 aromatic carbocycles. The van der Waals surface area contributed by atoms with E-state index in [0.717, 1.165) is 0 Å². The van der Waals surface area contributed by atoms with E-state index in [1.54, 1.807) is 0 Å². The lowest BCUT2D eigenvalue weighted by molar-refractivity contribution is 0.396. The van der Waals surface area contributed by atoms with Gasteiger partial charge in [0.05, 0.1) is 7.11 Å². The van der Waals surface area contributed by atoms with Crippen LogP contribution in [0.4, 0.5) is 0 Å². The summed E-state index contributed by atoms with van der Waals surface area (Å²) in [4.78, 5) is -0.246. The van der Waals surface area contributed by atoms with Gasteiger partial charge in [0, 0.05) is 11.1 Å². The Morgan fingerprint density at radius 1 is 1.43 bits per heavy atom. The summed E-state index contributed by atoms with van der Waals surface area (Å²) in [5.41, 5.74) is 0.344. The first-order chi connectivity index (χ1) is 6.36. The van der Waals surface area contributed by atoms with Crippen molar-refractivity contribution in [1.82, 2.24) is 0 Å². The predicted molar refractivity (Wildman–Crippen MR) is 52.6 cm³/mol. The molecule has 0 spiro atoms. The maximum Gasteiger partial charge on any atom is 0.298 e. The van der Waals surface area contributed by atoms with Gasteiger partial charge >= 0.3 is 0 Å². The minimum Gasteiger partial charge on any atom is -0.495 e. The predicted octanol–water partition coefficient (Wildman–Crippen LogP) is 1.90. The van der Waals surface area contributed by atoms with Crippen LogP contribution in [0.5, 0.6) is 5.75 Å². The van der Waals surface area contributed by atoms with Gasteiger partial charge in [-0.25, -0.2) is 0 Å². The summed E-state index contributed by atoms with van der Waals surface area (Å²) in [7, 11) is -2.97. The van der Waals surface area contributed by atoms with Crippen molar-refractivity contribution in [2.24, 2.45) is 0 Å². The SMILES string of the molecule is COc1cc(Cl)cc(C)c1S(=O)(=O)O. The quantitative estimate of drug-likeness (QED) is 0.797. The lowest BCUT2D eigenvalue weighted by Gasteiger charge is -2.09. The molecular weight excluding hydrogens is 228 g/mol. The van der Waals surface area contributed by atoms with E-state index in [-0.39, 0.29) is 10.6 Å². The van der Waals surface area contributed by atoms with E-state index in [9.17, 15) is 8.42 Å². The fourth-order valence-corrected chi connectivity index (χ4v) is 2.31. The van der Waals surface area contributed by atoms with Crippen molar-refractivity contribution in [2.45, 2.75) is 11.8 Å². The molecule has 0 atom stereocenters. The summed E-state index contributed by atoms with van der Waals surface area (Å²) in [5, 5.41) is 0.353. The molecule has 0 aromatic heterocycles. The summed E-state index contributed by atoms with van der Waals surface area (Å²) in [6.45, 7) is 1.53. The number of hydrogen-bond acceptors (Lipinski definition) is 3. The Hall–Kier alpha value is -0.780. The number of ether oxygens (including phenoxy) is 1. The molecule has 4 nitrogen and oxygen atoms in total. The molecule has 0 fully saturated rings. The zero-order valence-electron chi connectivity index (χ0n) is 7.61. The summed E-state index contributed by atoms with van der Waals surface area (Å²) in [6, 6.07) is 2.77. The van der Waals surface area contributed by atoms with Crippen molar-refractivity contribution in [2.75, 3.05) is 7.11 Å². The molecule has 1 aromatic rings. The second-order valence-electron chi connectivity index (χ2n) is 2.73. The van der Waals surface area contributed by atoms with Crippen molar-refractivity contribution in [1.29, 1.82) is 0 Å². The van der Waals surface area contributed by atoms with E-state index in [4.69, 9.17) is 20.9 Å². The number of halogens is 1. The van der Waals surface area contributed by atoms with Gasteiger partial charge < -0.3 is 4.74 Å². The molecule has 0 bridgehead atoms. The first-order valence-electron chi connectivity index (χ1n) is 3.68. The topological polar surface area (TPSA) is 63.6 Å². The number of hydrogen-bond donors (Lipinski definition) is 1. The van der Waals surface area contributed by atoms with Gasteiger partial charge in [-0.15, -0.1) is 0 Å². The van der Waals surface area contributed by atoms with Gasteiger partial charge in [0.25, 0.3) is 10.1 Å². The third-order valence-electron chi connectivity index (χ3n) is 1.68. The van der Waals surface area contributed by atoms with E-state index < -0.39 is 10.1 Å². The number of methoxy groups -OCH3 is 1. The van der Waals surface area contributed by atoms with Crippen LogP contribution in [0.15, 0.2) is 17.0 Å². The Balaban J connectivity index is 3.57. The highest BCUT2D eigenvalue weighted by Crippen LogP contribution is 2.30. The molecule has 0 aliphatic rings. The molecule has 6 heteroatoms. The monoisotopic (exact) mass is 236 g/mol. The van der Waals surface area contributed by atoms with Crippen LogP contribution >= 0.6 is 11.6 Å². The summed E-state index contributed by atoms with van der Waals surface area (Å²) >= 11 is 5.69. The summed E-state index contributed by atoms with van der Waals surface area (Å²) in [6.07, 6.45) is 0. The van der Waals surface area contributed by atoms with Crippen LogP contribution in [0, 0.1) is 6.92 Å². The van der Waals surface area contributed by atoms with Crippen LogP contribution in [0.3, 0.4) is 0 Å². The van der Waals surface area contributed by atoms with Crippen molar-refractivity contribution in [3.63, 3.8) is 0 Å². The van der Waals surface area contributed by atoms with Crippen molar-refractivity contribution in [3.8, 4) is 5.75 Å². The molecule has 0 radical (unpaired) electrons. The summed E-state index contributed by atoms with van der Waals surface area (Å²) < 4.78 is 35.7. The van der Waals surface area contributed by atoms with E-state index >= 15 is 0 Å². The Morgan fingerprint density at radius 3 is 2.43 bits per heavy atom. The van der Waals surface area contributed by atoms with Crippen molar-refractivity contribution in [3.05, 3.63) is 22.7 Å². The van der Waals surface area contributed by atoms with E-state index in [0.29, 0.717) is 10.6 Å². The smallest absolute Gasteiger partial charge is 0.298 e. The van der Waals surface area contributed by atoms with Crippen molar-refractivity contribution >= 4 is 21.7 Å². The fraction of sp³-hybridized carbons (Fsp3) is 0.250. The van der Waals surface area contributed by atoms with Gasteiger partial charge in [-0.1, -0.05) is 11.6 Å². The number of aryl methyl sites for hydroxylation is 1. The molecule has 0 amide bonds. The number of rotatable bonds is 2. The molecule has 78 valence electrons. The minimum absolute atomic E-state index is 0.0394. The van der Waals surface area contributed by atoms with Crippen LogP contribution in [0.1, 0.15) is 5.56 Å². The van der Waals surface area contributed by atoms with Gasteiger partial charge in [-0.05, 0) is 18.6 Å². The molecule has 0 saturated heterocycles. The van der Waals surface area contributed by atoms with Crippen LogP contribution < -0.4 is 4.74 Å². The van der Waals surface area contributed by atoms with Gasteiger partial charge in [0.15, 0.2) is 0 Å². The minimum atomic E-state index is -4.28. The average molecular weight is 237 g/mol. The Bertz CT molecular complexity index is 453. The van der Waals surface area contributed by atoms with E-state index in [2.05, 4.69) is 0 Å². The van der Waals surface area contributed by atoms with E-state index in [1.807, 2.05) is 0 Å². The average Bonchev–Trinajstić information content (AvgIpc) is 1.99.